The molecule has 0 spiro atoms. The molecule has 0 bridgehead atoms. The number of carbonyl (C=O) groups is 1. The third kappa shape index (κ3) is 3.81. The molecule has 1 fully saturated rings. The Kier molecular flexibility index (Phi) is 5.57. The van der Waals surface area contributed by atoms with Crippen molar-refractivity contribution in [2.75, 3.05) is 26.7 Å². The van der Waals surface area contributed by atoms with Gasteiger partial charge >= 0.3 is 0 Å². The highest BCUT2D eigenvalue weighted by molar-refractivity contribution is 9.10. The van der Waals surface area contributed by atoms with E-state index in [9.17, 15) is 4.79 Å². The highest BCUT2D eigenvalue weighted by atomic mass is 79.9. The first-order chi connectivity index (χ1) is 9.61. The maximum atomic E-state index is 11.4. The Balaban J connectivity index is 2.00. The average Bonchev–Trinajstić information content (AvgIpc) is 2.47. The molecule has 110 valence electrons. The number of carbonyl (C=O) groups excluding carboxylic acids is 1. The van der Waals surface area contributed by atoms with Crippen molar-refractivity contribution in [1.29, 1.82) is 0 Å². The number of hydrogen-bond donors (Lipinski definition) is 1. The molecule has 1 aromatic carbocycles. The van der Waals surface area contributed by atoms with E-state index in [1.54, 1.807) is 7.05 Å². The summed E-state index contributed by atoms with van der Waals surface area (Å²) in [6.45, 7) is 4.52. The zero-order valence-corrected chi connectivity index (χ0v) is 13.5. The Morgan fingerprint density at radius 3 is 2.80 bits per heavy atom. The molecular formula is C15H21BrN2O2. The van der Waals surface area contributed by atoms with Crippen molar-refractivity contribution in [2.45, 2.75) is 25.5 Å². The molecule has 1 heterocycles. The van der Waals surface area contributed by atoms with Gasteiger partial charge in [-0.2, -0.15) is 0 Å². The summed E-state index contributed by atoms with van der Waals surface area (Å²) in [7, 11) is 1.68. The lowest BCUT2D eigenvalue weighted by Crippen LogP contribution is -2.46. The molecule has 1 N–H and O–H groups in total. The second kappa shape index (κ2) is 7.20. The molecule has 0 aromatic heterocycles. The first kappa shape index (κ1) is 15.5. The Morgan fingerprint density at radius 1 is 1.45 bits per heavy atom. The monoisotopic (exact) mass is 340 g/mol. The summed E-state index contributed by atoms with van der Waals surface area (Å²) in [5, 5.41) is 2.67. The van der Waals surface area contributed by atoms with Crippen LogP contribution in [0.15, 0.2) is 28.7 Å². The van der Waals surface area contributed by atoms with Gasteiger partial charge < -0.3 is 10.1 Å². The van der Waals surface area contributed by atoms with Gasteiger partial charge in [-0.3, -0.25) is 9.69 Å². The van der Waals surface area contributed by atoms with Gasteiger partial charge in [-0.05, 0) is 24.6 Å². The van der Waals surface area contributed by atoms with Crippen LogP contribution < -0.4 is 5.32 Å². The molecule has 0 radical (unpaired) electrons. The standard InChI is InChI=1S/C15H21BrN2O2/c1-11-15(12-3-5-13(16)6-4-12)20-10-9-18(11)8-7-14(19)17-2/h3-6,11,15H,7-10H2,1-2H3,(H,17,19). The third-order valence-electron chi connectivity index (χ3n) is 3.79. The summed E-state index contributed by atoms with van der Waals surface area (Å²) in [5.41, 5.74) is 1.19. The largest absolute Gasteiger partial charge is 0.371 e. The van der Waals surface area contributed by atoms with Crippen LogP contribution in [-0.4, -0.2) is 43.6 Å². The molecule has 2 rings (SSSR count). The fraction of sp³-hybridized carbons (Fsp3) is 0.533. The number of morpholine rings is 1. The number of ether oxygens (including phenoxy) is 1. The first-order valence-corrected chi connectivity index (χ1v) is 7.73. The van der Waals surface area contributed by atoms with E-state index < -0.39 is 0 Å². The van der Waals surface area contributed by atoms with Crippen LogP contribution in [0, 0.1) is 0 Å². The number of halogens is 1. The quantitative estimate of drug-likeness (QED) is 0.914. The summed E-state index contributed by atoms with van der Waals surface area (Å²) in [6.07, 6.45) is 0.606. The number of benzene rings is 1. The van der Waals surface area contributed by atoms with Gasteiger partial charge in [-0.25, -0.2) is 0 Å². The van der Waals surface area contributed by atoms with Crippen LogP contribution in [0.25, 0.3) is 0 Å². The Labute approximate surface area is 128 Å². The average molecular weight is 341 g/mol. The Hall–Kier alpha value is -0.910. The summed E-state index contributed by atoms with van der Waals surface area (Å²) < 4.78 is 6.99. The minimum Gasteiger partial charge on any atom is -0.371 e. The van der Waals surface area contributed by atoms with Gasteiger partial charge in [0.15, 0.2) is 0 Å². The van der Waals surface area contributed by atoms with Crippen molar-refractivity contribution in [3.63, 3.8) is 0 Å². The van der Waals surface area contributed by atoms with Crippen LogP contribution >= 0.6 is 15.9 Å². The molecule has 0 saturated carbocycles. The molecule has 20 heavy (non-hydrogen) atoms. The smallest absolute Gasteiger partial charge is 0.221 e. The molecule has 5 heteroatoms. The van der Waals surface area contributed by atoms with Crippen molar-refractivity contribution in [1.82, 2.24) is 10.2 Å². The Morgan fingerprint density at radius 2 is 2.15 bits per heavy atom. The Bertz CT molecular complexity index is 450. The lowest BCUT2D eigenvalue weighted by molar-refractivity contribution is -0.122. The third-order valence-corrected chi connectivity index (χ3v) is 4.32. The summed E-state index contributed by atoms with van der Waals surface area (Å²) >= 11 is 3.45. The molecule has 2 atom stereocenters. The van der Waals surface area contributed by atoms with E-state index in [1.807, 2.05) is 12.1 Å². The number of nitrogens with zero attached hydrogens (tertiary/aromatic N) is 1. The minimum atomic E-state index is 0.0709. The van der Waals surface area contributed by atoms with E-state index in [-0.39, 0.29) is 18.1 Å². The molecule has 1 aliphatic heterocycles. The van der Waals surface area contributed by atoms with Crippen LogP contribution in [0.3, 0.4) is 0 Å². The normalized spacial score (nSPS) is 23.6. The van der Waals surface area contributed by atoms with E-state index in [4.69, 9.17) is 4.74 Å². The molecule has 1 amide bonds. The fourth-order valence-corrected chi connectivity index (χ4v) is 2.81. The van der Waals surface area contributed by atoms with E-state index in [0.29, 0.717) is 13.0 Å². The maximum absolute atomic E-state index is 11.4. The highest BCUT2D eigenvalue weighted by Crippen LogP contribution is 2.29. The van der Waals surface area contributed by atoms with Crippen molar-refractivity contribution >= 4 is 21.8 Å². The maximum Gasteiger partial charge on any atom is 0.221 e. The van der Waals surface area contributed by atoms with Gasteiger partial charge in [-0.15, -0.1) is 0 Å². The van der Waals surface area contributed by atoms with Crippen molar-refractivity contribution in [2.24, 2.45) is 0 Å². The predicted octanol–water partition coefficient (Wildman–Crippen LogP) is 2.35. The fourth-order valence-electron chi connectivity index (χ4n) is 2.54. The van der Waals surface area contributed by atoms with Crippen molar-refractivity contribution < 1.29 is 9.53 Å². The minimum absolute atomic E-state index is 0.0709. The number of amides is 1. The zero-order chi connectivity index (χ0) is 14.5. The van der Waals surface area contributed by atoms with E-state index in [2.05, 4.69) is 45.2 Å². The van der Waals surface area contributed by atoms with Gasteiger partial charge in [0.25, 0.3) is 0 Å². The number of nitrogens with one attached hydrogen (secondary N) is 1. The van der Waals surface area contributed by atoms with E-state index >= 15 is 0 Å². The van der Waals surface area contributed by atoms with Crippen LogP contribution in [0.2, 0.25) is 0 Å². The SMILES string of the molecule is CNC(=O)CCN1CCOC(c2ccc(Br)cc2)C1C. The van der Waals surface area contributed by atoms with E-state index in [1.165, 1.54) is 5.56 Å². The van der Waals surface area contributed by atoms with Gasteiger partial charge in [-0.1, -0.05) is 28.1 Å². The lowest BCUT2D eigenvalue weighted by atomic mass is 10.0. The molecule has 2 unspecified atom stereocenters. The molecule has 1 aliphatic rings. The van der Waals surface area contributed by atoms with Gasteiger partial charge in [0.05, 0.1) is 12.7 Å². The van der Waals surface area contributed by atoms with Crippen LogP contribution in [-0.2, 0) is 9.53 Å². The summed E-state index contributed by atoms with van der Waals surface area (Å²) in [4.78, 5) is 13.7. The molecule has 4 nitrogen and oxygen atoms in total. The van der Waals surface area contributed by atoms with Gasteiger partial charge in [0, 0.05) is 37.1 Å². The second-order valence-corrected chi connectivity index (χ2v) is 5.96. The summed E-state index contributed by atoms with van der Waals surface area (Å²) in [6, 6.07) is 8.53. The van der Waals surface area contributed by atoms with Gasteiger partial charge in [0.2, 0.25) is 5.91 Å². The van der Waals surface area contributed by atoms with E-state index in [0.717, 1.165) is 17.6 Å². The van der Waals surface area contributed by atoms with Crippen LogP contribution in [0.1, 0.15) is 25.0 Å². The molecular weight excluding hydrogens is 320 g/mol. The van der Waals surface area contributed by atoms with Crippen molar-refractivity contribution in [3.8, 4) is 0 Å². The highest BCUT2D eigenvalue weighted by Gasteiger charge is 2.29. The zero-order valence-electron chi connectivity index (χ0n) is 11.9. The molecule has 1 aromatic rings. The van der Waals surface area contributed by atoms with Crippen LogP contribution in [0.4, 0.5) is 0 Å². The van der Waals surface area contributed by atoms with Gasteiger partial charge in [0.1, 0.15) is 0 Å². The predicted molar refractivity (Wildman–Crippen MR) is 82.6 cm³/mol. The first-order valence-electron chi connectivity index (χ1n) is 6.93. The van der Waals surface area contributed by atoms with Crippen LogP contribution in [0.5, 0.6) is 0 Å². The number of hydrogen-bond acceptors (Lipinski definition) is 3. The topological polar surface area (TPSA) is 41.6 Å². The molecule has 1 saturated heterocycles. The summed E-state index contributed by atoms with van der Waals surface area (Å²) in [5.74, 6) is 0.0869. The van der Waals surface area contributed by atoms with Crippen molar-refractivity contribution in [3.05, 3.63) is 34.3 Å². The lowest BCUT2D eigenvalue weighted by Gasteiger charge is -2.39. The second-order valence-electron chi connectivity index (χ2n) is 5.04. The molecule has 0 aliphatic carbocycles. The number of rotatable bonds is 4.